The van der Waals surface area contributed by atoms with Crippen LogP contribution in [-0.2, 0) is 6.54 Å². The third kappa shape index (κ3) is 0.743. The summed E-state index contributed by atoms with van der Waals surface area (Å²) in [5, 5.41) is 3.25. The molecule has 2 heterocycles. The summed E-state index contributed by atoms with van der Waals surface area (Å²) in [5.74, 6) is 1.53. The van der Waals surface area contributed by atoms with Gasteiger partial charge < -0.3 is 9.73 Å². The van der Waals surface area contributed by atoms with Gasteiger partial charge in [-0.3, -0.25) is 0 Å². The van der Waals surface area contributed by atoms with Gasteiger partial charge in [-0.1, -0.05) is 6.92 Å². The summed E-state index contributed by atoms with van der Waals surface area (Å²) in [6, 6.07) is 0. The van der Waals surface area contributed by atoms with Crippen LogP contribution in [0.3, 0.4) is 0 Å². The minimum Gasteiger partial charge on any atom is -0.448 e. The summed E-state index contributed by atoms with van der Waals surface area (Å²) < 4.78 is 5.22. The fraction of sp³-hybridized carbons (Fsp3) is 0.571. The molecule has 0 saturated carbocycles. The van der Waals surface area contributed by atoms with Gasteiger partial charge >= 0.3 is 0 Å². The standard InChI is InChI=1S/C7H10N2O/c1-5-2-8-3-6-7(5)10-4-9-6/h4-5,8H,2-3H2,1H3. The van der Waals surface area contributed by atoms with E-state index in [4.69, 9.17) is 4.42 Å². The van der Waals surface area contributed by atoms with Gasteiger partial charge in [0, 0.05) is 19.0 Å². The van der Waals surface area contributed by atoms with Gasteiger partial charge in [0.1, 0.15) is 5.76 Å². The van der Waals surface area contributed by atoms with E-state index in [0.717, 1.165) is 24.5 Å². The van der Waals surface area contributed by atoms with Crippen molar-refractivity contribution in [2.75, 3.05) is 6.54 Å². The van der Waals surface area contributed by atoms with Crippen molar-refractivity contribution in [2.45, 2.75) is 19.4 Å². The molecule has 1 aromatic heterocycles. The van der Waals surface area contributed by atoms with Crippen LogP contribution in [0.15, 0.2) is 10.8 Å². The van der Waals surface area contributed by atoms with Crippen molar-refractivity contribution >= 4 is 0 Å². The highest BCUT2D eigenvalue weighted by Crippen LogP contribution is 2.21. The van der Waals surface area contributed by atoms with Gasteiger partial charge in [0.2, 0.25) is 0 Å². The average molecular weight is 138 g/mol. The SMILES string of the molecule is CC1CNCc2ncoc21. The van der Waals surface area contributed by atoms with Crippen molar-refractivity contribution in [1.82, 2.24) is 10.3 Å². The molecule has 0 amide bonds. The minimum absolute atomic E-state index is 0.478. The zero-order valence-electron chi connectivity index (χ0n) is 5.92. The van der Waals surface area contributed by atoms with E-state index in [1.54, 1.807) is 0 Å². The van der Waals surface area contributed by atoms with Gasteiger partial charge in [-0.2, -0.15) is 0 Å². The fourth-order valence-electron chi connectivity index (χ4n) is 1.31. The smallest absolute Gasteiger partial charge is 0.181 e. The maximum absolute atomic E-state index is 5.22. The van der Waals surface area contributed by atoms with Crippen molar-refractivity contribution in [3.05, 3.63) is 17.8 Å². The highest BCUT2D eigenvalue weighted by molar-refractivity contribution is 5.14. The second kappa shape index (κ2) is 2.09. The van der Waals surface area contributed by atoms with Crippen LogP contribution in [-0.4, -0.2) is 11.5 Å². The third-order valence-electron chi connectivity index (χ3n) is 1.86. The Bertz CT molecular complexity index is 231. The second-order valence-corrected chi connectivity index (χ2v) is 2.70. The lowest BCUT2D eigenvalue weighted by Gasteiger charge is -2.16. The molecular formula is C7H10N2O. The Morgan fingerprint density at radius 2 is 2.70 bits per heavy atom. The number of aromatic nitrogens is 1. The summed E-state index contributed by atoms with van der Waals surface area (Å²) in [7, 11) is 0. The van der Waals surface area contributed by atoms with E-state index in [9.17, 15) is 0 Å². The van der Waals surface area contributed by atoms with Crippen molar-refractivity contribution in [3.63, 3.8) is 0 Å². The van der Waals surface area contributed by atoms with Gasteiger partial charge in [0.15, 0.2) is 6.39 Å². The molecule has 1 N–H and O–H groups in total. The van der Waals surface area contributed by atoms with Gasteiger partial charge in [-0.25, -0.2) is 4.98 Å². The van der Waals surface area contributed by atoms with Crippen molar-refractivity contribution in [3.8, 4) is 0 Å². The number of oxazole rings is 1. The lowest BCUT2D eigenvalue weighted by Crippen LogP contribution is -2.25. The molecule has 54 valence electrons. The lowest BCUT2D eigenvalue weighted by atomic mass is 10.0. The third-order valence-corrected chi connectivity index (χ3v) is 1.86. The summed E-state index contributed by atoms with van der Waals surface area (Å²) in [6.07, 6.45) is 1.52. The summed E-state index contributed by atoms with van der Waals surface area (Å²) in [4.78, 5) is 4.08. The second-order valence-electron chi connectivity index (χ2n) is 2.70. The average Bonchev–Trinajstić information content (AvgIpc) is 2.36. The molecule has 3 heteroatoms. The van der Waals surface area contributed by atoms with E-state index in [0.29, 0.717) is 5.92 Å². The summed E-state index contributed by atoms with van der Waals surface area (Å²) in [5.41, 5.74) is 1.07. The first kappa shape index (κ1) is 5.92. The van der Waals surface area contributed by atoms with E-state index < -0.39 is 0 Å². The molecule has 2 rings (SSSR count). The molecule has 0 aliphatic carbocycles. The quantitative estimate of drug-likeness (QED) is 0.578. The zero-order chi connectivity index (χ0) is 6.97. The highest BCUT2D eigenvalue weighted by Gasteiger charge is 2.19. The summed E-state index contributed by atoms with van der Waals surface area (Å²) >= 11 is 0. The number of hydrogen-bond acceptors (Lipinski definition) is 3. The molecule has 1 atom stereocenters. The first-order chi connectivity index (χ1) is 4.88. The van der Waals surface area contributed by atoms with E-state index >= 15 is 0 Å². The predicted molar refractivity (Wildman–Crippen MR) is 36.6 cm³/mol. The van der Waals surface area contributed by atoms with E-state index in [2.05, 4.69) is 17.2 Å². The lowest BCUT2D eigenvalue weighted by molar-refractivity contribution is 0.431. The van der Waals surface area contributed by atoms with Crippen molar-refractivity contribution < 1.29 is 4.42 Å². The predicted octanol–water partition coefficient (Wildman–Crippen LogP) is 0.881. The van der Waals surface area contributed by atoms with E-state index in [1.807, 2.05) is 0 Å². The Morgan fingerprint density at radius 3 is 3.50 bits per heavy atom. The Balaban J connectivity index is 2.41. The first-order valence-corrected chi connectivity index (χ1v) is 3.51. The molecule has 0 aromatic carbocycles. The van der Waals surface area contributed by atoms with E-state index in [1.165, 1.54) is 6.39 Å². The maximum Gasteiger partial charge on any atom is 0.181 e. The van der Waals surface area contributed by atoms with Crippen LogP contribution in [0.1, 0.15) is 24.3 Å². The monoisotopic (exact) mass is 138 g/mol. The highest BCUT2D eigenvalue weighted by atomic mass is 16.3. The van der Waals surface area contributed by atoms with Crippen LogP contribution in [0, 0.1) is 0 Å². The molecule has 0 bridgehead atoms. The Morgan fingerprint density at radius 1 is 1.80 bits per heavy atom. The molecule has 1 aliphatic rings. The van der Waals surface area contributed by atoms with Crippen LogP contribution in [0.5, 0.6) is 0 Å². The van der Waals surface area contributed by atoms with Crippen LogP contribution in [0.4, 0.5) is 0 Å². The number of nitrogens with zero attached hydrogens (tertiary/aromatic N) is 1. The molecular weight excluding hydrogens is 128 g/mol. The van der Waals surface area contributed by atoms with Crippen LogP contribution in [0.25, 0.3) is 0 Å². The van der Waals surface area contributed by atoms with Crippen molar-refractivity contribution in [1.29, 1.82) is 0 Å². The number of nitrogens with one attached hydrogen (secondary N) is 1. The molecule has 0 saturated heterocycles. The maximum atomic E-state index is 5.22. The topological polar surface area (TPSA) is 38.1 Å². The van der Waals surface area contributed by atoms with E-state index in [-0.39, 0.29) is 0 Å². The largest absolute Gasteiger partial charge is 0.448 e. The first-order valence-electron chi connectivity index (χ1n) is 3.51. The number of hydrogen-bond donors (Lipinski definition) is 1. The Kier molecular flexibility index (Phi) is 1.24. The number of fused-ring (bicyclic) bond motifs is 1. The Labute approximate surface area is 59.4 Å². The number of rotatable bonds is 0. The van der Waals surface area contributed by atoms with Crippen molar-refractivity contribution in [2.24, 2.45) is 0 Å². The van der Waals surface area contributed by atoms with Crippen LogP contribution in [0.2, 0.25) is 0 Å². The molecule has 10 heavy (non-hydrogen) atoms. The normalized spacial score (nSPS) is 24.3. The Hall–Kier alpha value is -0.830. The molecule has 1 unspecified atom stereocenters. The van der Waals surface area contributed by atoms with Gasteiger partial charge in [-0.15, -0.1) is 0 Å². The molecule has 3 nitrogen and oxygen atoms in total. The molecule has 0 fully saturated rings. The van der Waals surface area contributed by atoms with Gasteiger partial charge in [-0.05, 0) is 0 Å². The molecule has 0 radical (unpaired) electrons. The molecule has 1 aliphatic heterocycles. The van der Waals surface area contributed by atoms with Gasteiger partial charge in [0.25, 0.3) is 0 Å². The summed E-state index contributed by atoms with van der Waals surface area (Å²) in [6.45, 7) is 3.99. The van der Waals surface area contributed by atoms with Crippen LogP contribution >= 0.6 is 0 Å². The minimum atomic E-state index is 0.478. The van der Waals surface area contributed by atoms with Gasteiger partial charge in [0.05, 0.1) is 5.69 Å². The molecule has 1 aromatic rings. The molecule has 0 spiro atoms. The zero-order valence-corrected chi connectivity index (χ0v) is 5.92. The van der Waals surface area contributed by atoms with Crippen LogP contribution < -0.4 is 5.32 Å². The fourth-order valence-corrected chi connectivity index (χ4v) is 1.31.